The van der Waals surface area contributed by atoms with Crippen LogP contribution in [0.25, 0.3) is 11.3 Å². The lowest BCUT2D eigenvalue weighted by molar-refractivity contribution is -0.119. The van der Waals surface area contributed by atoms with Crippen molar-refractivity contribution >= 4 is 40.5 Å². The summed E-state index contributed by atoms with van der Waals surface area (Å²) in [6, 6.07) is 18.6. The minimum absolute atomic E-state index is 0.299. The molecule has 1 aliphatic heterocycles. The Labute approximate surface area is 222 Å². The van der Waals surface area contributed by atoms with Crippen LogP contribution in [0.3, 0.4) is 0 Å². The Bertz CT molecular complexity index is 1510. The van der Waals surface area contributed by atoms with E-state index in [1.807, 2.05) is 30.3 Å². The number of nitrogens with zero attached hydrogens (tertiary/aromatic N) is 4. The van der Waals surface area contributed by atoms with Crippen molar-refractivity contribution in [3.8, 4) is 11.3 Å². The number of amides is 1. The molecule has 0 saturated carbocycles. The number of anilines is 2. The topological polar surface area (TPSA) is 104 Å². The van der Waals surface area contributed by atoms with E-state index in [2.05, 4.69) is 26.2 Å². The Hall–Kier alpha value is -4.18. The van der Waals surface area contributed by atoms with E-state index in [1.54, 1.807) is 53.9 Å². The molecule has 2 aromatic carbocycles. The maximum Gasteiger partial charge on any atom is 0.254 e. The number of hydrogen-bond donors (Lipinski definition) is 3. The fourth-order valence-corrected chi connectivity index (χ4v) is 4.26. The second kappa shape index (κ2) is 10.8. The Morgan fingerprint density at radius 1 is 1.03 bits per heavy atom. The van der Waals surface area contributed by atoms with Crippen LogP contribution in [0.2, 0.25) is 5.02 Å². The number of rotatable bonds is 7. The van der Waals surface area contributed by atoms with Gasteiger partial charge >= 0.3 is 0 Å². The second-order valence-electron chi connectivity index (χ2n) is 8.20. The maximum absolute atomic E-state index is 13.4. The molecule has 9 nitrogen and oxygen atoms in total. The molecular weight excluding hydrogens is 513 g/mol. The molecule has 0 spiro atoms. The SMILES string of the molecule is O=C(Nc1ccncc1)[C@H](Cc1ccccc1)n1cnc(-c2cc(Cl)ccc2N2C=C(Cl)NN2)cc1=O. The van der Waals surface area contributed by atoms with Gasteiger partial charge in [0.2, 0.25) is 5.91 Å². The molecule has 2 aromatic heterocycles. The number of nitrogens with one attached hydrogen (secondary N) is 3. The van der Waals surface area contributed by atoms with E-state index in [0.29, 0.717) is 39.2 Å². The number of hydrogen-bond acceptors (Lipinski definition) is 7. The number of carbonyl (C=O) groups is 1. The van der Waals surface area contributed by atoms with Crippen LogP contribution in [-0.4, -0.2) is 20.4 Å². The van der Waals surface area contributed by atoms with Crippen molar-refractivity contribution in [1.29, 1.82) is 0 Å². The molecule has 0 bridgehead atoms. The highest BCUT2D eigenvalue weighted by molar-refractivity contribution is 6.31. The summed E-state index contributed by atoms with van der Waals surface area (Å²) in [6.45, 7) is 0. The van der Waals surface area contributed by atoms with Crippen LogP contribution in [0, 0.1) is 0 Å². The predicted molar refractivity (Wildman–Crippen MR) is 144 cm³/mol. The van der Waals surface area contributed by atoms with Crippen molar-refractivity contribution in [2.45, 2.75) is 12.5 Å². The van der Waals surface area contributed by atoms with Crippen molar-refractivity contribution in [1.82, 2.24) is 25.5 Å². The number of carbonyl (C=O) groups excluding carboxylic acids is 1. The fraction of sp³-hybridized carbons (Fsp3) is 0.0769. The summed E-state index contributed by atoms with van der Waals surface area (Å²) in [5.41, 5.74) is 8.47. The molecule has 37 heavy (non-hydrogen) atoms. The molecule has 0 aliphatic carbocycles. The van der Waals surface area contributed by atoms with E-state index in [-0.39, 0.29) is 11.5 Å². The summed E-state index contributed by atoms with van der Waals surface area (Å²) in [5, 5.41) is 5.40. The van der Waals surface area contributed by atoms with Gasteiger partial charge in [-0.3, -0.25) is 29.6 Å². The van der Waals surface area contributed by atoms with E-state index >= 15 is 0 Å². The van der Waals surface area contributed by atoms with Crippen LogP contribution in [0.1, 0.15) is 11.6 Å². The smallest absolute Gasteiger partial charge is 0.254 e. The van der Waals surface area contributed by atoms with Crippen LogP contribution >= 0.6 is 23.2 Å². The van der Waals surface area contributed by atoms with Crippen molar-refractivity contribution in [3.05, 3.63) is 118 Å². The number of hydrazine groups is 2. The third-order valence-electron chi connectivity index (χ3n) is 5.73. The Morgan fingerprint density at radius 2 is 1.81 bits per heavy atom. The van der Waals surface area contributed by atoms with E-state index in [9.17, 15) is 9.59 Å². The molecule has 0 radical (unpaired) electrons. The molecular formula is C26H21Cl2N7O2. The molecule has 0 fully saturated rings. The molecule has 3 heterocycles. The Morgan fingerprint density at radius 3 is 2.51 bits per heavy atom. The Kier molecular flexibility index (Phi) is 7.18. The summed E-state index contributed by atoms with van der Waals surface area (Å²) in [7, 11) is 0. The van der Waals surface area contributed by atoms with Gasteiger partial charge in [0.05, 0.1) is 23.9 Å². The van der Waals surface area contributed by atoms with E-state index in [0.717, 1.165) is 5.56 Å². The Balaban J connectivity index is 1.51. The number of pyridine rings is 1. The molecule has 1 amide bonds. The zero-order chi connectivity index (χ0) is 25.8. The zero-order valence-corrected chi connectivity index (χ0v) is 20.8. The first-order valence-electron chi connectivity index (χ1n) is 11.3. The van der Waals surface area contributed by atoms with E-state index in [1.165, 1.54) is 17.0 Å². The molecule has 4 aromatic rings. The van der Waals surface area contributed by atoms with Crippen molar-refractivity contribution in [3.63, 3.8) is 0 Å². The first-order chi connectivity index (χ1) is 18.0. The minimum atomic E-state index is -0.838. The van der Waals surface area contributed by atoms with Gasteiger partial charge in [-0.15, -0.1) is 5.53 Å². The number of benzene rings is 2. The van der Waals surface area contributed by atoms with Crippen molar-refractivity contribution in [2.24, 2.45) is 0 Å². The molecule has 186 valence electrons. The van der Waals surface area contributed by atoms with E-state index in [4.69, 9.17) is 23.2 Å². The quantitative estimate of drug-likeness (QED) is 0.305. The summed E-state index contributed by atoms with van der Waals surface area (Å²) in [4.78, 5) is 35.3. The first-order valence-corrected chi connectivity index (χ1v) is 12.0. The standard InChI is InChI=1S/C26H21Cl2N7O2/c27-18-6-7-22(35-15-24(28)32-33-35)20(13-18)21-14-25(36)34(16-30-21)23(12-17-4-2-1-3-5-17)26(37)31-19-8-10-29-11-9-19/h1-11,13-16,23,32-33H,12H2,(H,29,31,37)/t23-/m0/s1. The summed E-state index contributed by atoms with van der Waals surface area (Å²) < 4.78 is 1.34. The van der Waals surface area contributed by atoms with Crippen molar-refractivity contribution < 1.29 is 4.79 Å². The molecule has 0 saturated heterocycles. The highest BCUT2D eigenvalue weighted by Gasteiger charge is 2.24. The van der Waals surface area contributed by atoms with Gasteiger partial charge < -0.3 is 5.32 Å². The second-order valence-corrected chi connectivity index (χ2v) is 9.04. The number of halogens is 2. The van der Waals surface area contributed by atoms with Crippen LogP contribution in [-0.2, 0) is 11.2 Å². The van der Waals surface area contributed by atoms with Crippen molar-refractivity contribution in [2.75, 3.05) is 10.3 Å². The predicted octanol–water partition coefficient (Wildman–Crippen LogP) is 4.25. The lowest BCUT2D eigenvalue weighted by Crippen LogP contribution is -2.36. The molecule has 1 atom stereocenters. The lowest BCUT2D eigenvalue weighted by Gasteiger charge is -2.21. The van der Waals surface area contributed by atoms with E-state index < -0.39 is 6.04 Å². The first kappa shape index (κ1) is 24.5. The van der Waals surface area contributed by atoms with Gasteiger partial charge in [0, 0.05) is 41.2 Å². The van der Waals surface area contributed by atoms with Gasteiger partial charge in [-0.1, -0.05) is 53.5 Å². The fourth-order valence-electron chi connectivity index (χ4n) is 3.95. The monoisotopic (exact) mass is 533 g/mol. The van der Waals surface area contributed by atoms with Gasteiger partial charge in [0.25, 0.3) is 5.56 Å². The largest absolute Gasteiger partial charge is 0.324 e. The zero-order valence-electron chi connectivity index (χ0n) is 19.3. The van der Waals surface area contributed by atoms with Gasteiger partial charge in [0.15, 0.2) is 0 Å². The maximum atomic E-state index is 13.4. The number of aromatic nitrogens is 3. The van der Waals surface area contributed by atoms with Crippen LogP contribution in [0.15, 0.2) is 102 Å². The molecule has 5 rings (SSSR count). The molecule has 1 aliphatic rings. The summed E-state index contributed by atoms with van der Waals surface area (Å²) >= 11 is 12.3. The average molecular weight is 534 g/mol. The van der Waals surface area contributed by atoms with Crippen LogP contribution in [0.5, 0.6) is 0 Å². The van der Waals surface area contributed by atoms with Gasteiger partial charge in [-0.2, -0.15) is 0 Å². The summed E-state index contributed by atoms with van der Waals surface area (Å²) in [5.74, 6) is -0.345. The minimum Gasteiger partial charge on any atom is -0.324 e. The normalized spacial score (nSPS) is 13.6. The molecule has 11 heteroatoms. The summed E-state index contributed by atoms with van der Waals surface area (Å²) in [6.07, 6.45) is 6.50. The molecule has 0 unspecified atom stereocenters. The van der Waals surface area contributed by atoms with Crippen LogP contribution in [0.4, 0.5) is 11.4 Å². The third-order valence-corrected chi connectivity index (χ3v) is 6.15. The van der Waals surface area contributed by atoms with Gasteiger partial charge in [-0.25, -0.2) is 4.98 Å². The third kappa shape index (κ3) is 5.64. The van der Waals surface area contributed by atoms with Gasteiger partial charge in [-0.05, 0) is 35.9 Å². The van der Waals surface area contributed by atoms with Gasteiger partial charge in [0.1, 0.15) is 11.2 Å². The lowest BCUT2D eigenvalue weighted by atomic mass is 10.0. The molecule has 3 N–H and O–H groups in total. The highest BCUT2D eigenvalue weighted by Crippen LogP contribution is 2.32. The van der Waals surface area contributed by atoms with Crippen LogP contribution < -0.4 is 26.8 Å². The average Bonchev–Trinajstić information content (AvgIpc) is 3.34. The highest BCUT2D eigenvalue weighted by atomic mass is 35.5.